The molecule has 236 valence electrons. The molecule has 0 radical (unpaired) electrons. The summed E-state index contributed by atoms with van der Waals surface area (Å²) in [6, 6.07) is 15.0. The number of ether oxygens (including phenoxy) is 3. The van der Waals surface area contributed by atoms with Gasteiger partial charge in [-0.3, -0.25) is 14.3 Å². The van der Waals surface area contributed by atoms with Gasteiger partial charge >= 0.3 is 11.7 Å². The third-order valence-electron chi connectivity index (χ3n) is 7.35. The first-order valence-corrected chi connectivity index (χ1v) is 15.0. The maximum Gasteiger partial charge on any atom is 0.335 e. The van der Waals surface area contributed by atoms with Crippen LogP contribution in [0.2, 0.25) is 0 Å². The Morgan fingerprint density at radius 2 is 2.02 bits per heavy atom. The Morgan fingerprint density at radius 1 is 1.22 bits per heavy atom. The van der Waals surface area contributed by atoms with Gasteiger partial charge in [-0.05, 0) is 36.8 Å². The third-order valence-corrected chi connectivity index (χ3v) is 7.84. The molecule has 14 heteroatoms. The normalized spacial score (nSPS) is 18.2. The van der Waals surface area contributed by atoms with Crippen LogP contribution in [0, 0.1) is 6.92 Å². The summed E-state index contributed by atoms with van der Waals surface area (Å²) in [6.07, 6.45) is 3.87. The van der Waals surface area contributed by atoms with Crippen molar-refractivity contribution in [1.29, 1.82) is 0 Å². The van der Waals surface area contributed by atoms with Crippen LogP contribution in [-0.4, -0.2) is 62.0 Å². The fraction of sp³-hybridized carbons (Fsp3) is 0.323. The van der Waals surface area contributed by atoms with E-state index in [9.17, 15) is 19.5 Å². The number of H-pyrrole nitrogens is 1. The van der Waals surface area contributed by atoms with Gasteiger partial charge in [0.25, 0.3) is 5.56 Å². The Balaban J connectivity index is 1.26. The molecule has 1 aliphatic heterocycles. The monoisotopic (exact) mass is 680 g/mol. The largest absolute Gasteiger partial charge is 0.488 e. The summed E-state index contributed by atoms with van der Waals surface area (Å²) < 4.78 is 20.8. The number of aromatic nitrogens is 5. The van der Waals surface area contributed by atoms with Gasteiger partial charge in [0.15, 0.2) is 0 Å². The van der Waals surface area contributed by atoms with Crippen LogP contribution < -0.4 is 21.3 Å². The fourth-order valence-electron chi connectivity index (χ4n) is 5.01. The maximum atomic E-state index is 12.7. The summed E-state index contributed by atoms with van der Waals surface area (Å²) in [4.78, 5) is 39.1. The zero-order chi connectivity index (χ0) is 31.9. The lowest BCUT2D eigenvalue weighted by molar-refractivity contribution is -0.136. The molecule has 0 saturated carbocycles. The summed E-state index contributed by atoms with van der Waals surface area (Å²) in [5.41, 5.74) is 2.00. The standard InChI is InChI=1S/C31H33BrN6O7/c1-19-15-37(31(42)34-29(19)40)28-12-25(27(17-39)45-28)38-16-24(35-36-38)14-33-13-22(30(41)43-2)10-21-11-23(32)8-9-26(21)44-18-20-6-4-3-5-7-20/h3-11,15-16,25,27-28,33,39H,12-14,17-18H2,1-2H3,(H,34,40,42)/b22-10+/t25-,27+,28+/m0/s1. The van der Waals surface area contributed by atoms with Crippen molar-refractivity contribution in [2.75, 3.05) is 20.3 Å². The molecule has 1 saturated heterocycles. The van der Waals surface area contributed by atoms with Gasteiger partial charge in [0.2, 0.25) is 0 Å². The zero-order valence-corrected chi connectivity index (χ0v) is 26.3. The van der Waals surface area contributed by atoms with E-state index in [1.54, 1.807) is 23.9 Å². The number of hydrogen-bond donors (Lipinski definition) is 3. The first kappa shape index (κ1) is 32.0. The van der Waals surface area contributed by atoms with Crippen LogP contribution in [0.5, 0.6) is 5.75 Å². The lowest BCUT2D eigenvalue weighted by Gasteiger charge is -2.15. The number of hydrogen-bond acceptors (Lipinski definition) is 10. The van der Waals surface area contributed by atoms with Gasteiger partial charge in [0.1, 0.15) is 24.7 Å². The summed E-state index contributed by atoms with van der Waals surface area (Å²) in [5, 5.41) is 21.6. The van der Waals surface area contributed by atoms with E-state index < -0.39 is 35.6 Å². The van der Waals surface area contributed by atoms with E-state index in [0.29, 0.717) is 41.2 Å². The zero-order valence-electron chi connectivity index (χ0n) is 24.7. The predicted octanol–water partition coefficient (Wildman–Crippen LogP) is 2.65. The highest BCUT2D eigenvalue weighted by atomic mass is 79.9. The van der Waals surface area contributed by atoms with E-state index in [0.717, 1.165) is 10.0 Å². The first-order valence-electron chi connectivity index (χ1n) is 14.2. The summed E-state index contributed by atoms with van der Waals surface area (Å²) in [7, 11) is 1.33. The number of rotatable bonds is 12. The van der Waals surface area contributed by atoms with Crippen LogP contribution in [0.25, 0.3) is 6.08 Å². The highest BCUT2D eigenvalue weighted by molar-refractivity contribution is 9.10. The number of esters is 1. The topological polar surface area (TPSA) is 163 Å². The number of nitrogens with zero attached hydrogens (tertiary/aromatic N) is 4. The second-order valence-corrected chi connectivity index (χ2v) is 11.4. The van der Waals surface area contributed by atoms with E-state index in [4.69, 9.17) is 14.2 Å². The first-order chi connectivity index (χ1) is 21.7. The average Bonchev–Trinajstić information content (AvgIpc) is 3.69. The molecule has 1 fully saturated rings. The minimum atomic E-state index is -0.701. The second-order valence-electron chi connectivity index (χ2n) is 10.5. The second kappa shape index (κ2) is 14.6. The fourth-order valence-corrected chi connectivity index (χ4v) is 5.39. The summed E-state index contributed by atoms with van der Waals surface area (Å²) in [6.45, 7) is 2.12. The van der Waals surface area contributed by atoms with E-state index >= 15 is 0 Å². The van der Waals surface area contributed by atoms with E-state index in [-0.39, 0.29) is 19.7 Å². The van der Waals surface area contributed by atoms with Gasteiger partial charge in [0, 0.05) is 41.3 Å². The number of halogens is 1. The quantitative estimate of drug-likeness (QED) is 0.150. The van der Waals surface area contributed by atoms with Crippen molar-refractivity contribution in [3.05, 3.63) is 114 Å². The van der Waals surface area contributed by atoms with Crippen LogP contribution in [0.1, 0.15) is 41.1 Å². The van der Waals surface area contributed by atoms with Gasteiger partial charge in [-0.15, -0.1) is 5.10 Å². The van der Waals surface area contributed by atoms with Gasteiger partial charge in [-0.1, -0.05) is 51.5 Å². The molecule has 0 spiro atoms. The van der Waals surface area contributed by atoms with Crippen LogP contribution in [0.3, 0.4) is 0 Å². The van der Waals surface area contributed by atoms with Gasteiger partial charge < -0.3 is 24.6 Å². The van der Waals surface area contributed by atoms with Crippen LogP contribution >= 0.6 is 15.9 Å². The number of aliphatic hydroxyl groups excluding tert-OH is 1. The van der Waals surface area contributed by atoms with Crippen LogP contribution in [-0.2, 0) is 27.4 Å². The van der Waals surface area contributed by atoms with Crippen molar-refractivity contribution in [1.82, 2.24) is 29.9 Å². The molecule has 3 atom stereocenters. The van der Waals surface area contributed by atoms with E-state index in [1.165, 1.54) is 17.9 Å². The minimum Gasteiger partial charge on any atom is -0.488 e. The van der Waals surface area contributed by atoms with Crippen molar-refractivity contribution >= 4 is 28.0 Å². The minimum absolute atomic E-state index is 0.173. The Labute approximate surface area is 266 Å². The Hall–Kier alpha value is -4.37. The molecular formula is C31H33BrN6O7. The molecule has 3 heterocycles. The highest BCUT2D eigenvalue weighted by Crippen LogP contribution is 2.35. The summed E-state index contributed by atoms with van der Waals surface area (Å²) in [5.74, 6) is 0.119. The number of aliphatic hydroxyl groups is 1. The van der Waals surface area contributed by atoms with Crippen molar-refractivity contribution < 1.29 is 24.1 Å². The summed E-state index contributed by atoms with van der Waals surface area (Å²) >= 11 is 3.50. The van der Waals surface area contributed by atoms with Gasteiger partial charge in [-0.25, -0.2) is 14.3 Å². The van der Waals surface area contributed by atoms with Crippen LogP contribution in [0.15, 0.2) is 80.6 Å². The smallest absolute Gasteiger partial charge is 0.335 e. The molecule has 0 amide bonds. The van der Waals surface area contributed by atoms with Crippen molar-refractivity contribution in [2.24, 2.45) is 0 Å². The SMILES string of the molecule is COC(=O)/C(=C/c1cc(Br)ccc1OCc1ccccc1)CNCc1cn([C@H]2C[C@H](n3cc(C)c(=O)[nH]c3=O)O[C@@H]2CO)nn1. The Bertz CT molecular complexity index is 1780. The lowest BCUT2D eigenvalue weighted by atomic mass is 10.1. The number of aryl methyl sites for hydroxylation is 1. The molecule has 4 aromatic rings. The molecule has 2 aromatic heterocycles. The van der Waals surface area contributed by atoms with Gasteiger partial charge in [0.05, 0.1) is 37.2 Å². The number of carbonyl (C=O) groups is 1. The van der Waals surface area contributed by atoms with Gasteiger partial charge in [-0.2, -0.15) is 0 Å². The number of methoxy groups -OCH3 is 1. The Kier molecular flexibility index (Phi) is 10.4. The highest BCUT2D eigenvalue weighted by Gasteiger charge is 2.38. The number of carbonyl (C=O) groups excluding carboxylic acids is 1. The van der Waals surface area contributed by atoms with E-state index in [2.05, 4.69) is 36.5 Å². The average molecular weight is 682 g/mol. The number of aromatic amines is 1. The number of nitrogens with one attached hydrogen (secondary N) is 2. The molecule has 45 heavy (non-hydrogen) atoms. The molecule has 3 N–H and O–H groups in total. The molecule has 1 aliphatic rings. The molecule has 13 nitrogen and oxygen atoms in total. The molecule has 0 aliphatic carbocycles. The molecular weight excluding hydrogens is 648 g/mol. The predicted molar refractivity (Wildman–Crippen MR) is 167 cm³/mol. The lowest BCUT2D eigenvalue weighted by Crippen LogP contribution is -2.33. The van der Waals surface area contributed by atoms with Crippen molar-refractivity contribution in [2.45, 2.75) is 44.9 Å². The van der Waals surface area contributed by atoms with Crippen LogP contribution in [0.4, 0.5) is 0 Å². The van der Waals surface area contributed by atoms with Crippen molar-refractivity contribution in [3.63, 3.8) is 0 Å². The Morgan fingerprint density at radius 3 is 2.78 bits per heavy atom. The molecule has 5 rings (SSSR count). The third kappa shape index (κ3) is 7.84. The number of benzene rings is 2. The van der Waals surface area contributed by atoms with Crippen molar-refractivity contribution in [3.8, 4) is 5.75 Å². The maximum absolute atomic E-state index is 12.7. The molecule has 2 aromatic carbocycles. The van der Waals surface area contributed by atoms with E-state index in [1.807, 2.05) is 48.5 Å². The molecule has 0 unspecified atom stereocenters. The molecule has 0 bridgehead atoms.